The van der Waals surface area contributed by atoms with E-state index in [0.29, 0.717) is 0 Å². The Morgan fingerprint density at radius 1 is 1.26 bits per heavy atom. The van der Waals surface area contributed by atoms with Crippen LogP contribution < -0.4 is 0 Å². The quantitative estimate of drug-likeness (QED) is 0.875. The Morgan fingerprint density at radius 3 is 2.68 bits per heavy atom. The number of halogens is 1. The second kappa shape index (κ2) is 5.59. The van der Waals surface area contributed by atoms with Crippen molar-refractivity contribution in [1.29, 1.82) is 0 Å². The van der Waals surface area contributed by atoms with Crippen LogP contribution in [-0.2, 0) is 0 Å². The van der Waals surface area contributed by atoms with Crippen molar-refractivity contribution < 1.29 is 5.11 Å². The fourth-order valence-corrected chi connectivity index (χ4v) is 2.61. The van der Waals surface area contributed by atoms with Crippen LogP contribution in [0.1, 0.15) is 45.3 Å². The zero-order chi connectivity index (χ0) is 14.0. The SMILES string of the molecule is CC(C)(C)CCC(O)c1ccc(Br)c2cccnc12. The summed E-state index contributed by atoms with van der Waals surface area (Å²) in [6.45, 7) is 6.58. The summed E-state index contributed by atoms with van der Waals surface area (Å²) in [4.78, 5) is 4.42. The highest BCUT2D eigenvalue weighted by Crippen LogP contribution is 2.32. The van der Waals surface area contributed by atoms with Gasteiger partial charge in [-0.1, -0.05) is 48.8 Å². The van der Waals surface area contributed by atoms with Gasteiger partial charge in [-0.25, -0.2) is 0 Å². The zero-order valence-electron chi connectivity index (χ0n) is 11.7. The first-order chi connectivity index (χ1) is 8.88. The molecule has 1 N–H and O–H groups in total. The van der Waals surface area contributed by atoms with Crippen molar-refractivity contribution in [1.82, 2.24) is 4.98 Å². The van der Waals surface area contributed by atoms with E-state index in [1.54, 1.807) is 6.20 Å². The Balaban J connectivity index is 2.32. The zero-order valence-corrected chi connectivity index (χ0v) is 13.2. The Labute approximate surface area is 123 Å². The number of fused-ring (bicyclic) bond motifs is 1. The molecule has 0 amide bonds. The van der Waals surface area contributed by atoms with Crippen molar-refractivity contribution in [3.8, 4) is 0 Å². The summed E-state index contributed by atoms with van der Waals surface area (Å²) in [5, 5.41) is 11.5. The van der Waals surface area contributed by atoms with Gasteiger partial charge in [0.25, 0.3) is 0 Å². The number of aliphatic hydroxyl groups excluding tert-OH is 1. The minimum Gasteiger partial charge on any atom is -0.388 e. The molecule has 1 aromatic carbocycles. The molecule has 0 bridgehead atoms. The largest absolute Gasteiger partial charge is 0.388 e. The summed E-state index contributed by atoms with van der Waals surface area (Å²) in [5.41, 5.74) is 2.04. The van der Waals surface area contributed by atoms with Gasteiger partial charge >= 0.3 is 0 Å². The van der Waals surface area contributed by atoms with E-state index < -0.39 is 6.10 Å². The lowest BCUT2D eigenvalue weighted by atomic mass is 9.87. The van der Waals surface area contributed by atoms with Crippen LogP contribution in [0, 0.1) is 5.41 Å². The molecule has 1 unspecified atom stereocenters. The number of benzene rings is 1. The van der Waals surface area contributed by atoms with Crippen molar-refractivity contribution in [3.05, 3.63) is 40.5 Å². The average molecular weight is 322 g/mol. The number of pyridine rings is 1. The molecule has 0 aliphatic rings. The molecule has 2 nitrogen and oxygen atoms in total. The van der Waals surface area contributed by atoms with E-state index in [4.69, 9.17) is 0 Å². The molecule has 0 saturated carbocycles. The molecule has 0 aliphatic carbocycles. The first-order valence-electron chi connectivity index (χ1n) is 6.60. The first-order valence-corrected chi connectivity index (χ1v) is 7.39. The number of nitrogens with zero attached hydrogens (tertiary/aromatic N) is 1. The van der Waals surface area contributed by atoms with E-state index in [-0.39, 0.29) is 5.41 Å². The summed E-state index contributed by atoms with van der Waals surface area (Å²) < 4.78 is 1.02. The normalized spacial score (nSPS) is 13.7. The van der Waals surface area contributed by atoms with Crippen LogP contribution in [0.3, 0.4) is 0 Å². The van der Waals surface area contributed by atoms with Crippen LogP contribution in [0.15, 0.2) is 34.9 Å². The van der Waals surface area contributed by atoms with Crippen molar-refractivity contribution in [2.24, 2.45) is 5.41 Å². The lowest BCUT2D eigenvalue weighted by Gasteiger charge is -2.21. The van der Waals surface area contributed by atoms with E-state index in [9.17, 15) is 5.11 Å². The fourth-order valence-electron chi connectivity index (χ4n) is 2.15. The van der Waals surface area contributed by atoms with Crippen LogP contribution in [0.2, 0.25) is 0 Å². The summed E-state index contributed by atoms with van der Waals surface area (Å²) >= 11 is 3.53. The maximum atomic E-state index is 10.4. The smallest absolute Gasteiger partial charge is 0.0811 e. The second-order valence-electron chi connectivity index (χ2n) is 6.15. The molecule has 0 spiro atoms. The van der Waals surface area contributed by atoms with Gasteiger partial charge in [-0.05, 0) is 30.4 Å². The molecule has 0 aliphatic heterocycles. The second-order valence-corrected chi connectivity index (χ2v) is 7.01. The Hall–Kier alpha value is -0.930. The van der Waals surface area contributed by atoms with Gasteiger partial charge < -0.3 is 5.11 Å². The average Bonchev–Trinajstić information content (AvgIpc) is 2.36. The minimum atomic E-state index is -0.454. The molecule has 2 rings (SSSR count). The molecular formula is C16H20BrNO. The molecular weight excluding hydrogens is 302 g/mol. The van der Waals surface area contributed by atoms with Crippen LogP contribution in [-0.4, -0.2) is 10.1 Å². The number of hydrogen-bond acceptors (Lipinski definition) is 2. The number of aromatic nitrogens is 1. The minimum absolute atomic E-state index is 0.236. The van der Waals surface area contributed by atoms with E-state index >= 15 is 0 Å². The predicted molar refractivity (Wildman–Crippen MR) is 83.1 cm³/mol. The first kappa shape index (κ1) is 14.5. The van der Waals surface area contributed by atoms with E-state index in [1.807, 2.05) is 24.3 Å². The van der Waals surface area contributed by atoms with Gasteiger partial charge in [-0.2, -0.15) is 0 Å². The highest BCUT2D eigenvalue weighted by atomic mass is 79.9. The Bertz CT molecular complexity index is 574. The summed E-state index contributed by atoms with van der Waals surface area (Å²) in [7, 11) is 0. The maximum Gasteiger partial charge on any atom is 0.0811 e. The van der Waals surface area contributed by atoms with Crippen molar-refractivity contribution in [3.63, 3.8) is 0 Å². The van der Waals surface area contributed by atoms with Gasteiger partial charge in [0.15, 0.2) is 0 Å². The molecule has 0 fully saturated rings. The molecule has 102 valence electrons. The fraction of sp³-hybridized carbons (Fsp3) is 0.438. The number of hydrogen-bond donors (Lipinski definition) is 1. The van der Waals surface area contributed by atoms with Gasteiger partial charge in [0.2, 0.25) is 0 Å². The van der Waals surface area contributed by atoms with Gasteiger partial charge in [-0.15, -0.1) is 0 Å². The maximum absolute atomic E-state index is 10.4. The highest BCUT2D eigenvalue weighted by molar-refractivity contribution is 9.10. The van der Waals surface area contributed by atoms with Gasteiger partial charge in [0, 0.05) is 21.6 Å². The van der Waals surface area contributed by atoms with Crippen LogP contribution >= 0.6 is 15.9 Å². The molecule has 0 saturated heterocycles. The number of rotatable bonds is 3. The van der Waals surface area contributed by atoms with Gasteiger partial charge in [0.1, 0.15) is 0 Å². The summed E-state index contributed by atoms with van der Waals surface area (Å²) in [6, 6.07) is 7.89. The van der Waals surface area contributed by atoms with Gasteiger partial charge in [-0.3, -0.25) is 4.98 Å². The number of aliphatic hydroxyl groups is 1. The highest BCUT2D eigenvalue weighted by Gasteiger charge is 2.17. The van der Waals surface area contributed by atoms with Crippen LogP contribution in [0.5, 0.6) is 0 Å². The lowest BCUT2D eigenvalue weighted by Crippen LogP contribution is -2.08. The van der Waals surface area contributed by atoms with Crippen molar-refractivity contribution >= 4 is 26.8 Å². The lowest BCUT2D eigenvalue weighted by molar-refractivity contribution is 0.149. The molecule has 1 aromatic heterocycles. The molecule has 2 aromatic rings. The topological polar surface area (TPSA) is 33.1 Å². The third-order valence-electron chi connectivity index (χ3n) is 3.27. The van der Waals surface area contributed by atoms with Crippen molar-refractivity contribution in [2.75, 3.05) is 0 Å². The Kier molecular flexibility index (Phi) is 4.26. The monoisotopic (exact) mass is 321 g/mol. The third kappa shape index (κ3) is 3.54. The third-order valence-corrected chi connectivity index (χ3v) is 3.97. The summed E-state index contributed by atoms with van der Waals surface area (Å²) in [5.74, 6) is 0. The standard InChI is InChI=1S/C16H20BrNO/c1-16(2,3)9-8-14(19)12-6-7-13(17)11-5-4-10-18-15(11)12/h4-7,10,14,19H,8-9H2,1-3H3. The molecule has 19 heavy (non-hydrogen) atoms. The molecule has 1 atom stereocenters. The van der Waals surface area contributed by atoms with Crippen LogP contribution in [0.4, 0.5) is 0 Å². The van der Waals surface area contributed by atoms with E-state index in [0.717, 1.165) is 33.8 Å². The van der Waals surface area contributed by atoms with E-state index in [1.165, 1.54) is 0 Å². The summed E-state index contributed by atoms with van der Waals surface area (Å²) in [6.07, 6.45) is 3.06. The van der Waals surface area contributed by atoms with Gasteiger partial charge in [0.05, 0.1) is 11.6 Å². The Morgan fingerprint density at radius 2 is 2.00 bits per heavy atom. The van der Waals surface area contributed by atoms with Crippen molar-refractivity contribution in [2.45, 2.75) is 39.7 Å². The van der Waals surface area contributed by atoms with E-state index in [2.05, 4.69) is 41.7 Å². The molecule has 3 heteroatoms. The predicted octanol–water partition coefficient (Wildman–Crippen LogP) is 4.86. The molecule has 1 heterocycles. The van der Waals surface area contributed by atoms with Crippen LogP contribution in [0.25, 0.3) is 10.9 Å². The molecule has 0 radical (unpaired) electrons.